The number of nitrogens with two attached hydrogens (primary N) is 1. The molecule has 0 spiro atoms. The van der Waals surface area contributed by atoms with Gasteiger partial charge in [-0.05, 0) is 25.1 Å². The van der Waals surface area contributed by atoms with Crippen molar-refractivity contribution in [1.82, 2.24) is 14.8 Å². The molecule has 2 aromatic heterocycles. The lowest BCUT2D eigenvalue weighted by Gasteiger charge is -2.11. The highest BCUT2D eigenvalue weighted by Gasteiger charge is 2.08. The Labute approximate surface area is 140 Å². The minimum atomic E-state index is -0.114. The zero-order valence-corrected chi connectivity index (χ0v) is 13.7. The first kappa shape index (κ1) is 15.9. The number of nitrogens with one attached hydrogen (secondary N) is 2. The summed E-state index contributed by atoms with van der Waals surface area (Å²) in [5.41, 5.74) is 10.2. The maximum Gasteiger partial charge on any atom is 0.152 e. The monoisotopic (exact) mass is 320 g/mol. The minimum absolute atomic E-state index is 0.114. The molecule has 0 aliphatic heterocycles. The summed E-state index contributed by atoms with van der Waals surface area (Å²) in [5.74, 6) is 0.732. The minimum Gasteiger partial charge on any atom is -0.338 e. The Morgan fingerprint density at radius 3 is 2.75 bits per heavy atom. The molecule has 1 unspecified atom stereocenters. The number of hydrogen-bond donors (Lipinski definition) is 3. The van der Waals surface area contributed by atoms with Crippen LogP contribution in [-0.2, 0) is 7.05 Å². The zero-order valence-electron chi connectivity index (χ0n) is 13.7. The van der Waals surface area contributed by atoms with Crippen LogP contribution < -0.4 is 11.1 Å². The highest BCUT2D eigenvalue weighted by atomic mass is 15.3. The summed E-state index contributed by atoms with van der Waals surface area (Å²) < 4.78 is 1.73. The van der Waals surface area contributed by atoms with Gasteiger partial charge in [-0.1, -0.05) is 18.2 Å². The van der Waals surface area contributed by atoms with Crippen LogP contribution in [0.5, 0.6) is 0 Å². The molecule has 1 aromatic carbocycles. The first-order chi connectivity index (χ1) is 11.6. The number of aromatic nitrogens is 3. The average Bonchev–Trinajstić information content (AvgIpc) is 3.00. The fourth-order valence-corrected chi connectivity index (χ4v) is 2.44. The summed E-state index contributed by atoms with van der Waals surface area (Å²) in [6, 6.07) is 13.4. The van der Waals surface area contributed by atoms with Gasteiger partial charge in [-0.25, -0.2) is 0 Å². The van der Waals surface area contributed by atoms with Crippen molar-refractivity contribution in [2.45, 2.75) is 13.0 Å². The smallest absolute Gasteiger partial charge is 0.152 e. The Hall–Kier alpha value is -2.99. The van der Waals surface area contributed by atoms with Crippen LogP contribution in [0.1, 0.15) is 24.2 Å². The lowest BCUT2D eigenvalue weighted by Crippen LogP contribution is -2.07. The largest absolute Gasteiger partial charge is 0.338 e. The number of anilines is 2. The van der Waals surface area contributed by atoms with Crippen molar-refractivity contribution in [3.8, 4) is 11.3 Å². The molecule has 2 heterocycles. The summed E-state index contributed by atoms with van der Waals surface area (Å²) in [6.45, 7) is 1.92. The maximum atomic E-state index is 7.60. The zero-order chi connectivity index (χ0) is 17.1. The van der Waals surface area contributed by atoms with E-state index in [1.54, 1.807) is 4.68 Å². The number of pyridine rings is 1. The summed E-state index contributed by atoms with van der Waals surface area (Å²) >= 11 is 0. The SMILES string of the molecule is CC(N)c1cccc(-c2ccc(C=N)c(Nc3ccn(C)n3)c2)n1. The number of nitrogens with zero attached hydrogens (tertiary/aromatic N) is 3. The molecule has 4 N–H and O–H groups in total. The second-order valence-corrected chi connectivity index (χ2v) is 5.68. The quantitative estimate of drug-likeness (QED) is 0.629. The van der Waals surface area contributed by atoms with Crippen molar-refractivity contribution in [3.05, 3.63) is 59.9 Å². The number of hydrogen-bond acceptors (Lipinski definition) is 5. The fraction of sp³-hybridized carbons (Fsp3) is 0.167. The Kier molecular flexibility index (Phi) is 4.39. The predicted octanol–water partition coefficient (Wildman–Crippen LogP) is 3.24. The van der Waals surface area contributed by atoms with E-state index in [0.29, 0.717) is 0 Å². The Morgan fingerprint density at radius 1 is 1.25 bits per heavy atom. The molecule has 0 amide bonds. The first-order valence-electron chi connectivity index (χ1n) is 7.71. The van der Waals surface area contributed by atoms with E-state index in [-0.39, 0.29) is 6.04 Å². The molecular weight excluding hydrogens is 300 g/mol. The number of benzene rings is 1. The van der Waals surface area contributed by atoms with Gasteiger partial charge in [0.2, 0.25) is 0 Å². The van der Waals surface area contributed by atoms with Crippen LogP contribution >= 0.6 is 0 Å². The molecule has 0 bridgehead atoms. The third-order valence-corrected chi connectivity index (χ3v) is 3.72. The van der Waals surface area contributed by atoms with Gasteiger partial charge in [-0.15, -0.1) is 0 Å². The van der Waals surface area contributed by atoms with E-state index in [2.05, 4.69) is 15.4 Å². The van der Waals surface area contributed by atoms with Gasteiger partial charge in [0.1, 0.15) is 0 Å². The highest BCUT2D eigenvalue weighted by molar-refractivity contribution is 5.89. The Balaban J connectivity index is 1.99. The van der Waals surface area contributed by atoms with Crippen LogP contribution in [0.4, 0.5) is 11.5 Å². The molecule has 0 saturated carbocycles. The normalized spacial score (nSPS) is 12.0. The van der Waals surface area contributed by atoms with Gasteiger partial charge in [0.05, 0.1) is 11.4 Å². The summed E-state index contributed by atoms with van der Waals surface area (Å²) in [6.07, 6.45) is 3.19. The van der Waals surface area contributed by atoms with Crippen LogP contribution in [0.25, 0.3) is 11.3 Å². The molecule has 1 atom stereocenters. The molecule has 3 rings (SSSR count). The lowest BCUT2D eigenvalue weighted by molar-refractivity contribution is 0.771. The van der Waals surface area contributed by atoms with Crippen LogP contribution in [0.2, 0.25) is 0 Å². The molecule has 3 aromatic rings. The molecule has 0 aliphatic rings. The van der Waals surface area contributed by atoms with Crippen molar-refractivity contribution < 1.29 is 0 Å². The average molecular weight is 320 g/mol. The molecule has 24 heavy (non-hydrogen) atoms. The Bertz CT molecular complexity index is 865. The highest BCUT2D eigenvalue weighted by Crippen LogP contribution is 2.26. The molecule has 122 valence electrons. The predicted molar refractivity (Wildman–Crippen MR) is 96.7 cm³/mol. The van der Waals surface area contributed by atoms with Gasteiger partial charge < -0.3 is 16.5 Å². The van der Waals surface area contributed by atoms with Gasteiger partial charge in [0, 0.05) is 48.4 Å². The molecule has 0 radical (unpaired) electrons. The van der Waals surface area contributed by atoms with Gasteiger partial charge in [-0.2, -0.15) is 5.10 Å². The molecular formula is C18H20N6. The molecule has 6 nitrogen and oxygen atoms in total. The van der Waals surface area contributed by atoms with E-state index in [1.807, 2.05) is 62.6 Å². The van der Waals surface area contributed by atoms with Crippen molar-refractivity contribution >= 4 is 17.7 Å². The van der Waals surface area contributed by atoms with Crippen molar-refractivity contribution in [3.63, 3.8) is 0 Å². The van der Waals surface area contributed by atoms with E-state index < -0.39 is 0 Å². The van der Waals surface area contributed by atoms with Crippen molar-refractivity contribution in [1.29, 1.82) is 5.41 Å². The standard InChI is InChI=1S/C18H20N6/c1-12(20)15-4-3-5-16(21-15)13-6-7-14(11-19)17(10-13)22-18-8-9-24(2)23-18/h3-12,19H,20H2,1-2H3,(H,22,23). The van der Waals surface area contributed by atoms with Crippen LogP contribution in [-0.4, -0.2) is 21.0 Å². The van der Waals surface area contributed by atoms with Gasteiger partial charge in [0.15, 0.2) is 5.82 Å². The van der Waals surface area contributed by atoms with E-state index >= 15 is 0 Å². The summed E-state index contributed by atoms with van der Waals surface area (Å²) in [4.78, 5) is 4.62. The van der Waals surface area contributed by atoms with Crippen LogP contribution in [0, 0.1) is 5.41 Å². The van der Waals surface area contributed by atoms with E-state index in [9.17, 15) is 0 Å². The van der Waals surface area contributed by atoms with Gasteiger partial charge >= 0.3 is 0 Å². The van der Waals surface area contributed by atoms with E-state index in [1.165, 1.54) is 6.21 Å². The lowest BCUT2D eigenvalue weighted by atomic mass is 10.1. The van der Waals surface area contributed by atoms with E-state index in [4.69, 9.17) is 11.1 Å². The Morgan fingerprint density at radius 2 is 2.08 bits per heavy atom. The second-order valence-electron chi connectivity index (χ2n) is 5.68. The molecule has 0 saturated heterocycles. The number of rotatable bonds is 5. The summed E-state index contributed by atoms with van der Waals surface area (Å²) in [7, 11) is 1.86. The molecule has 0 fully saturated rings. The third-order valence-electron chi connectivity index (χ3n) is 3.72. The topological polar surface area (TPSA) is 92.6 Å². The van der Waals surface area contributed by atoms with Crippen LogP contribution in [0.3, 0.4) is 0 Å². The third kappa shape index (κ3) is 3.33. The van der Waals surface area contributed by atoms with Crippen molar-refractivity contribution in [2.24, 2.45) is 12.8 Å². The number of aryl methyl sites for hydroxylation is 1. The van der Waals surface area contributed by atoms with Crippen molar-refractivity contribution in [2.75, 3.05) is 5.32 Å². The molecule has 0 aliphatic carbocycles. The van der Waals surface area contributed by atoms with E-state index in [0.717, 1.165) is 34.0 Å². The van der Waals surface area contributed by atoms with Crippen LogP contribution in [0.15, 0.2) is 48.7 Å². The van der Waals surface area contributed by atoms with Gasteiger partial charge in [-0.3, -0.25) is 9.67 Å². The molecule has 6 heteroatoms. The second kappa shape index (κ2) is 6.64. The first-order valence-corrected chi connectivity index (χ1v) is 7.71. The van der Waals surface area contributed by atoms with Gasteiger partial charge in [0.25, 0.3) is 0 Å². The fourth-order valence-electron chi connectivity index (χ4n) is 2.44. The summed E-state index contributed by atoms with van der Waals surface area (Å²) in [5, 5.41) is 15.2. The maximum absolute atomic E-state index is 7.60.